The largest absolute Gasteiger partial charge is 0.418 e. The van der Waals surface area contributed by atoms with Crippen molar-refractivity contribution in [2.75, 3.05) is 17.2 Å². The van der Waals surface area contributed by atoms with Crippen LogP contribution in [0.15, 0.2) is 12.4 Å². The van der Waals surface area contributed by atoms with Crippen molar-refractivity contribution in [2.24, 2.45) is 5.73 Å². The SMILES string of the molecule is CCNc1nc(Nc2cn(C(C)(C)C(N)=O)nc2C)nc2[nH]cc(C(F)(F)F)c12. The molecule has 0 spiro atoms. The van der Waals surface area contributed by atoms with Crippen LogP contribution in [0.3, 0.4) is 0 Å². The van der Waals surface area contributed by atoms with Gasteiger partial charge in [0.05, 0.1) is 28.5 Å². The van der Waals surface area contributed by atoms with Crippen LogP contribution in [-0.4, -0.2) is 37.2 Å². The van der Waals surface area contributed by atoms with Crippen LogP contribution in [-0.2, 0) is 16.5 Å². The highest BCUT2D eigenvalue weighted by Gasteiger charge is 2.35. The van der Waals surface area contributed by atoms with Crippen LogP contribution in [0.2, 0.25) is 0 Å². The number of aromatic nitrogens is 5. The van der Waals surface area contributed by atoms with Crippen molar-refractivity contribution in [3.05, 3.63) is 23.7 Å². The van der Waals surface area contributed by atoms with Gasteiger partial charge in [0.25, 0.3) is 0 Å². The molecule has 0 radical (unpaired) electrons. The summed E-state index contributed by atoms with van der Waals surface area (Å²) in [6, 6.07) is 0. The summed E-state index contributed by atoms with van der Waals surface area (Å²) < 4.78 is 41.3. The van der Waals surface area contributed by atoms with Gasteiger partial charge in [-0.2, -0.15) is 28.2 Å². The second kappa shape index (κ2) is 6.94. The Morgan fingerprint density at radius 3 is 2.59 bits per heavy atom. The van der Waals surface area contributed by atoms with Gasteiger partial charge in [-0.3, -0.25) is 9.48 Å². The van der Waals surface area contributed by atoms with E-state index >= 15 is 0 Å². The van der Waals surface area contributed by atoms with Crippen LogP contribution in [0.25, 0.3) is 11.0 Å². The lowest BCUT2D eigenvalue weighted by Gasteiger charge is -2.20. The van der Waals surface area contributed by atoms with E-state index in [2.05, 4.69) is 30.7 Å². The zero-order valence-corrected chi connectivity index (χ0v) is 16.3. The van der Waals surface area contributed by atoms with Gasteiger partial charge in [0.15, 0.2) is 0 Å². The highest BCUT2D eigenvalue weighted by atomic mass is 19.4. The molecule has 156 valence electrons. The average Bonchev–Trinajstić information content (AvgIpc) is 3.19. The van der Waals surface area contributed by atoms with Gasteiger partial charge in [-0.25, -0.2) is 0 Å². The van der Waals surface area contributed by atoms with E-state index in [1.54, 1.807) is 33.9 Å². The number of nitrogens with two attached hydrogens (primary N) is 1. The van der Waals surface area contributed by atoms with E-state index in [4.69, 9.17) is 5.73 Å². The quantitative estimate of drug-likeness (QED) is 0.495. The minimum atomic E-state index is -4.54. The number of alkyl halides is 3. The molecule has 0 saturated carbocycles. The molecule has 0 aliphatic rings. The predicted molar refractivity (Wildman–Crippen MR) is 102 cm³/mol. The number of hydrogen-bond donors (Lipinski definition) is 4. The van der Waals surface area contributed by atoms with Gasteiger partial charge in [0.1, 0.15) is 17.0 Å². The number of aryl methyl sites for hydroxylation is 1. The molecule has 0 aromatic carbocycles. The lowest BCUT2D eigenvalue weighted by Crippen LogP contribution is -2.41. The lowest BCUT2D eigenvalue weighted by atomic mass is 10.1. The van der Waals surface area contributed by atoms with Crippen molar-refractivity contribution < 1.29 is 18.0 Å². The number of nitrogens with zero attached hydrogens (tertiary/aromatic N) is 4. The van der Waals surface area contributed by atoms with Crippen molar-refractivity contribution in [1.82, 2.24) is 24.7 Å². The Morgan fingerprint density at radius 1 is 1.31 bits per heavy atom. The molecule has 29 heavy (non-hydrogen) atoms. The molecule has 0 aliphatic heterocycles. The fourth-order valence-corrected chi connectivity index (χ4v) is 2.71. The molecule has 3 rings (SSSR count). The number of halogens is 3. The second-order valence-corrected chi connectivity index (χ2v) is 6.97. The van der Waals surface area contributed by atoms with E-state index in [0.717, 1.165) is 6.20 Å². The number of hydrogen-bond acceptors (Lipinski definition) is 6. The molecule has 12 heteroatoms. The molecular formula is C17H21F3N8O. The van der Waals surface area contributed by atoms with Gasteiger partial charge in [-0.1, -0.05) is 0 Å². The number of aromatic amines is 1. The molecule has 1 amide bonds. The van der Waals surface area contributed by atoms with Crippen LogP contribution in [0.1, 0.15) is 32.0 Å². The monoisotopic (exact) mass is 410 g/mol. The molecule has 3 heterocycles. The van der Waals surface area contributed by atoms with Gasteiger partial charge in [-0.05, 0) is 27.7 Å². The van der Waals surface area contributed by atoms with Crippen LogP contribution in [0, 0.1) is 6.92 Å². The Bertz CT molecular complexity index is 1070. The summed E-state index contributed by atoms with van der Waals surface area (Å²) >= 11 is 0. The number of rotatable bonds is 6. The summed E-state index contributed by atoms with van der Waals surface area (Å²) in [7, 11) is 0. The van der Waals surface area contributed by atoms with E-state index in [9.17, 15) is 18.0 Å². The summed E-state index contributed by atoms with van der Waals surface area (Å²) in [5, 5.41) is 9.94. The van der Waals surface area contributed by atoms with E-state index in [1.807, 2.05) is 0 Å². The maximum atomic E-state index is 13.3. The topological polar surface area (TPSA) is 127 Å². The number of amides is 1. The van der Waals surface area contributed by atoms with Gasteiger partial charge >= 0.3 is 6.18 Å². The number of nitrogens with one attached hydrogen (secondary N) is 3. The minimum absolute atomic E-state index is 0.0354. The fourth-order valence-electron chi connectivity index (χ4n) is 2.71. The zero-order chi connectivity index (χ0) is 21.6. The first kappa shape index (κ1) is 20.4. The number of fused-ring (bicyclic) bond motifs is 1. The standard InChI is InChI=1S/C17H21F3N8O/c1-5-22-12-11-9(17(18,19)20)6-23-13(11)26-15(25-12)24-10-7-28(27-8(10)2)16(3,4)14(21)29/h6-7H,5H2,1-4H3,(H2,21,29)(H3,22,23,24,25,26). The van der Waals surface area contributed by atoms with E-state index in [-0.39, 0.29) is 22.8 Å². The summed E-state index contributed by atoms with van der Waals surface area (Å²) in [5.41, 5.74) is 4.57. The molecule has 0 unspecified atom stereocenters. The second-order valence-electron chi connectivity index (χ2n) is 6.97. The Labute approximate surface area is 163 Å². The molecule has 3 aromatic heterocycles. The maximum Gasteiger partial charge on any atom is 0.418 e. The zero-order valence-electron chi connectivity index (χ0n) is 16.3. The summed E-state index contributed by atoms with van der Waals surface area (Å²) in [4.78, 5) is 22.6. The molecule has 0 aliphatic carbocycles. The normalized spacial score (nSPS) is 12.4. The maximum absolute atomic E-state index is 13.3. The summed E-state index contributed by atoms with van der Waals surface area (Å²) in [6.45, 7) is 7.07. The third kappa shape index (κ3) is 3.69. The van der Waals surface area contributed by atoms with Crippen molar-refractivity contribution in [3.8, 4) is 0 Å². The van der Waals surface area contributed by atoms with Crippen LogP contribution in [0.5, 0.6) is 0 Å². The number of primary amides is 1. The Balaban J connectivity index is 2.04. The number of carbonyl (C=O) groups is 1. The molecule has 0 saturated heterocycles. The van der Waals surface area contributed by atoms with Crippen molar-refractivity contribution in [2.45, 2.75) is 39.4 Å². The molecule has 3 aromatic rings. The fraction of sp³-hybridized carbons (Fsp3) is 0.412. The number of H-pyrrole nitrogens is 1. The molecule has 0 fully saturated rings. The molecule has 9 nitrogen and oxygen atoms in total. The molecule has 0 bridgehead atoms. The molecule has 5 N–H and O–H groups in total. The van der Waals surface area contributed by atoms with Gasteiger partial charge in [-0.15, -0.1) is 0 Å². The first-order chi connectivity index (χ1) is 13.4. The highest BCUT2D eigenvalue weighted by molar-refractivity contribution is 5.92. The number of carbonyl (C=O) groups excluding carboxylic acids is 1. The Kier molecular flexibility index (Phi) is 4.89. The van der Waals surface area contributed by atoms with E-state index in [1.165, 1.54) is 4.68 Å². The first-order valence-corrected chi connectivity index (χ1v) is 8.79. The van der Waals surface area contributed by atoms with Gasteiger partial charge in [0.2, 0.25) is 11.9 Å². The van der Waals surface area contributed by atoms with Crippen molar-refractivity contribution >= 4 is 34.4 Å². The third-order valence-electron chi connectivity index (χ3n) is 4.50. The van der Waals surface area contributed by atoms with Crippen LogP contribution in [0.4, 0.5) is 30.6 Å². The Morgan fingerprint density at radius 2 is 2.00 bits per heavy atom. The van der Waals surface area contributed by atoms with E-state index < -0.39 is 23.2 Å². The molecule has 0 atom stereocenters. The Hall–Kier alpha value is -3.31. The average molecular weight is 410 g/mol. The smallest absolute Gasteiger partial charge is 0.370 e. The van der Waals surface area contributed by atoms with E-state index in [0.29, 0.717) is 17.9 Å². The highest BCUT2D eigenvalue weighted by Crippen LogP contribution is 2.37. The number of anilines is 3. The van der Waals surface area contributed by atoms with Gasteiger partial charge < -0.3 is 21.4 Å². The summed E-state index contributed by atoms with van der Waals surface area (Å²) in [6.07, 6.45) is -2.11. The van der Waals surface area contributed by atoms with Crippen molar-refractivity contribution in [1.29, 1.82) is 0 Å². The minimum Gasteiger partial charge on any atom is -0.370 e. The first-order valence-electron chi connectivity index (χ1n) is 8.79. The van der Waals surface area contributed by atoms with Crippen LogP contribution < -0.4 is 16.4 Å². The lowest BCUT2D eigenvalue weighted by molar-refractivity contribution is -0.136. The molecular weight excluding hydrogens is 389 g/mol. The van der Waals surface area contributed by atoms with Gasteiger partial charge in [0, 0.05) is 12.7 Å². The predicted octanol–water partition coefficient (Wildman–Crippen LogP) is 2.88. The summed E-state index contributed by atoms with van der Waals surface area (Å²) in [5.74, 6) is -0.440. The van der Waals surface area contributed by atoms with Crippen LogP contribution >= 0.6 is 0 Å². The third-order valence-corrected chi connectivity index (χ3v) is 4.50. The van der Waals surface area contributed by atoms with Crippen molar-refractivity contribution in [3.63, 3.8) is 0 Å².